The summed E-state index contributed by atoms with van der Waals surface area (Å²) in [6, 6.07) is -0.188. The molecule has 23 heavy (non-hydrogen) atoms. The number of carbonyl (C=O) groups excluding carboxylic acids is 2. The normalized spacial score (nSPS) is 21.0. The molecular weight excluding hydrogens is 298 g/mol. The Morgan fingerprint density at radius 2 is 1.74 bits per heavy atom. The molecule has 3 amide bonds. The number of likely N-dealkylation sites (tertiary alicyclic amines) is 1. The molecule has 1 saturated carbocycles. The van der Waals surface area contributed by atoms with Crippen molar-refractivity contribution in [3.63, 3.8) is 0 Å². The summed E-state index contributed by atoms with van der Waals surface area (Å²) in [5.41, 5.74) is -0.474. The van der Waals surface area contributed by atoms with Crippen molar-refractivity contribution >= 4 is 17.9 Å². The smallest absolute Gasteiger partial charge is 0.317 e. The largest absolute Gasteiger partial charge is 0.481 e. The fourth-order valence-corrected chi connectivity index (χ4v) is 3.68. The minimum Gasteiger partial charge on any atom is -0.481 e. The highest BCUT2D eigenvalue weighted by molar-refractivity contribution is 5.84. The summed E-state index contributed by atoms with van der Waals surface area (Å²) in [4.78, 5) is 39.0. The second-order valence-corrected chi connectivity index (χ2v) is 6.95. The van der Waals surface area contributed by atoms with Gasteiger partial charge in [-0.25, -0.2) is 4.79 Å². The Bertz CT molecular complexity index is 464. The van der Waals surface area contributed by atoms with Crippen molar-refractivity contribution in [2.75, 3.05) is 33.7 Å². The third-order valence-electron chi connectivity index (χ3n) is 5.13. The van der Waals surface area contributed by atoms with Gasteiger partial charge < -0.3 is 20.2 Å². The summed E-state index contributed by atoms with van der Waals surface area (Å²) in [5.74, 6) is -1.05. The van der Waals surface area contributed by atoms with Crippen molar-refractivity contribution < 1.29 is 19.5 Å². The predicted molar refractivity (Wildman–Crippen MR) is 84.9 cm³/mol. The molecule has 0 radical (unpaired) electrons. The van der Waals surface area contributed by atoms with Gasteiger partial charge in [0.05, 0.1) is 11.3 Å². The molecule has 0 aromatic rings. The Morgan fingerprint density at radius 1 is 1.17 bits per heavy atom. The van der Waals surface area contributed by atoms with E-state index in [1.807, 2.05) is 0 Å². The van der Waals surface area contributed by atoms with Crippen LogP contribution in [0, 0.1) is 11.3 Å². The van der Waals surface area contributed by atoms with Crippen LogP contribution in [0.5, 0.6) is 0 Å². The topological polar surface area (TPSA) is 90.0 Å². The molecule has 130 valence electrons. The first-order valence-corrected chi connectivity index (χ1v) is 8.33. The second-order valence-electron chi connectivity index (χ2n) is 6.95. The van der Waals surface area contributed by atoms with Crippen molar-refractivity contribution in [1.82, 2.24) is 15.1 Å². The van der Waals surface area contributed by atoms with E-state index in [-0.39, 0.29) is 17.9 Å². The summed E-state index contributed by atoms with van der Waals surface area (Å²) in [5, 5.41) is 11.9. The van der Waals surface area contributed by atoms with Gasteiger partial charge in [0, 0.05) is 33.7 Å². The van der Waals surface area contributed by atoms with E-state index in [0.29, 0.717) is 32.5 Å². The van der Waals surface area contributed by atoms with Gasteiger partial charge >= 0.3 is 12.0 Å². The molecule has 0 atom stereocenters. The van der Waals surface area contributed by atoms with Crippen LogP contribution in [-0.2, 0) is 9.59 Å². The first kappa shape index (κ1) is 17.6. The summed E-state index contributed by atoms with van der Waals surface area (Å²) in [6.07, 6.45) is 4.63. The molecule has 1 aliphatic carbocycles. The highest BCUT2D eigenvalue weighted by Gasteiger charge is 2.42. The Kier molecular flexibility index (Phi) is 5.49. The van der Waals surface area contributed by atoms with Gasteiger partial charge in [-0.2, -0.15) is 0 Å². The maximum absolute atomic E-state index is 12.5. The number of piperidine rings is 1. The number of nitrogens with zero attached hydrogens (tertiary/aromatic N) is 2. The first-order valence-electron chi connectivity index (χ1n) is 8.33. The van der Waals surface area contributed by atoms with Gasteiger partial charge in [-0.05, 0) is 25.7 Å². The molecule has 1 saturated heterocycles. The Balaban J connectivity index is 1.88. The van der Waals surface area contributed by atoms with Crippen LogP contribution in [-0.4, -0.2) is 66.5 Å². The van der Waals surface area contributed by atoms with Crippen LogP contribution >= 0.6 is 0 Å². The van der Waals surface area contributed by atoms with Crippen molar-refractivity contribution in [3.05, 3.63) is 0 Å². The van der Waals surface area contributed by atoms with E-state index in [4.69, 9.17) is 5.11 Å². The van der Waals surface area contributed by atoms with Crippen molar-refractivity contribution in [1.29, 1.82) is 0 Å². The molecule has 2 aliphatic rings. The van der Waals surface area contributed by atoms with E-state index in [2.05, 4.69) is 5.32 Å². The molecule has 2 fully saturated rings. The number of carboxylic acids is 1. The van der Waals surface area contributed by atoms with E-state index in [1.54, 1.807) is 23.9 Å². The quantitative estimate of drug-likeness (QED) is 0.811. The lowest BCUT2D eigenvalue weighted by atomic mass is 9.84. The Hall–Kier alpha value is -1.79. The fourth-order valence-electron chi connectivity index (χ4n) is 3.68. The van der Waals surface area contributed by atoms with E-state index in [9.17, 15) is 14.4 Å². The summed E-state index contributed by atoms with van der Waals surface area (Å²) >= 11 is 0. The van der Waals surface area contributed by atoms with Crippen LogP contribution < -0.4 is 5.32 Å². The number of amides is 3. The number of carbonyl (C=O) groups is 3. The number of aliphatic carboxylic acids is 1. The monoisotopic (exact) mass is 325 g/mol. The van der Waals surface area contributed by atoms with Gasteiger partial charge in [0.25, 0.3) is 0 Å². The molecular formula is C16H27N3O4. The van der Waals surface area contributed by atoms with Gasteiger partial charge in [0.2, 0.25) is 5.91 Å². The highest BCUT2D eigenvalue weighted by Crippen LogP contribution is 2.39. The van der Waals surface area contributed by atoms with E-state index < -0.39 is 11.4 Å². The zero-order chi connectivity index (χ0) is 17.0. The maximum Gasteiger partial charge on any atom is 0.317 e. The SMILES string of the molecule is CN(C)C(=O)C1(CNC(=O)N2CCC(C(=O)O)CC2)CCCC1. The first-order chi connectivity index (χ1) is 10.9. The van der Waals surface area contributed by atoms with Gasteiger partial charge in [-0.15, -0.1) is 0 Å². The summed E-state index contributed by atoms with van der Waals surface area (Å²) < 4.78 is 0. The molecule has 2 N–H and O–H groups in total. The van der Waals surface area contributed by atoms with Crippen LogP contribution in [0.3, 0.4) is 0 Å². The zero-order valence-corrected chi connectivity index (χ0v) is 14.0. The number of hydrogen-bond acceptors (Lipinski definition) is 3. The van der Waals surface area contributed by atoms with Crippen LogP contribution in [0.1, 0.15) is 38.5 Å². The third kappa shape index (κ3) is 3.95. The molecule has 1 aliphatic heterocycles. The van der Waals surface area contributed by atoms with Crippen molar-refractivity contribution in [2.24, 2.45) is 11.3 Å². The summed E-state index contributed by atoms with van der Waals surface area (Å²) in [6.45, 7) is 1.27. The number of carboxylic acid groups (broad SMARTS) is 1. The molecule has 0 spiro atoms. The van der Waals surface area contributed by atoms with Crippen LogP contribution in [0.4, 0.5) is 4.79 Å². The number of urea groups is 1. The van der Waals surface area contributed by atoms with Crippen LogP contribution in [0.15, 0.2) is 0 Å². The van der Waals surface area contributed by atoms with Gasteiger partial charge in [0.1, 0.15) is 0 Å². The molecule has 0 bridgehead atoms. The molecule has 0 aromatic carbocycles. The average molecular weight is 325 g/mol. The predicted octanol–water partition coefficient (Wildman–Crippen LogP) is 1.14. The minimum absolute atomic E-state index is 0.0832. The minimum atomic E-state index is -0.786. The molecule has 7 heteroatoms. The average Bonchev–Trinajstić information content (AvgIpc) is 3.02. The van der Waals surface area contributed by atoms with E-state index in [1.165, 1.54) is 0 Å². The molecule has 2 rings (SSSR count). The van der Waals surface area contributed by atoms with Crippen LogP contribution in [0.25, 0.3) is 0 Å². The maximum atomic E-state index is 12.5. The Morgan fingerprint density at radius 3 is 2.22 bits per heavy atom. The van der Waals surface area contributed by atoms with E-state index in [0.717, 1.165) is 25.7 Å². The number of nitrogens with one attached hydrogen (secondary N) is 1. The molecule has 7 nitrogen and oxygen atoms in total. The van der Waals surface area contributed by atoms with Crippen molar-refractivity contribution in [3.8, 4) is 0 Å². The van der Waals surface area contributed by atoms with Crippen LogP contribution in [0.2, 0.25) is 0 Å². The lowest BCUT2D eigenvalue weighted by molar-refractivity contribution is -0.143. The van der Waals surface area contributed by atoms with E-state index >= 15 is 0 Å². The Labute approximate surface area is 137 Å². The summed E-state index contributed by atoms with van der Waals surface area (Å²) in [7, 11) is 3.50. The van der Waals surface area contributed by atoms with Gasteiger partial charge in [0.15, 0.2) is 0 Å². The zero-order valence-electron chi connectivity index (χ0n) is 14.0. The van der Waals surface area contributed by atoms with Crippen molar-refractivity contribution in [2.45, 2.75) is 38.5 Å². The lowest BCUT2D eigenvalue weighted by Gasteiger charge is -2.34. The van der Waals surface area contributed by atoms with Gasteiger partial charge in [-0.3, -0.25) is 9.59 Å². The second kappa shape index (κ2) is 7.19. The lowest BCUT2D eigenvalue weighted by Crippen LogP contribution is -2.51. The molecule has 0 unspecified atom stereocenters. The fraction of sp³-hybridized carbons (Fsp3) is 0.812. The highest BCUT2D eigenvalue weighted by atomic mass is 16.4. The standard InChI is InChI=1S/C16H27N3O4/c1-18(2)14(22)16(7-3-4-8-16)11-17-15(23)19-9-5-12(6-10-19)13(20)21/h12H,3-11H2,1-2H3,(H,17,23)(H,20,21). The molecule has 1 heterocycles. The number of rotatable bonds is 4. The third-order valence-corrected chi connectivity index (χ3v) is 5.13. The van der Waals surface area contributed by atoms with Gasteiger partial charge in [-0.1, -0.05) is 12.8 Å². The molecule has 0 aromatic heterocycles. The number of hydrogen-bond donors (Lipinski definition) is 2.